The summed E-state index contributed by atoms with van der Waals surface area (Å²) in [5, 5.41) is 12.4. The van der Waals surface area contributed by atoms with Gasteiger partial charge in [-0.25, -0.2) is 0 Å². The molecule has 0 saturated carbocycles. The Balaban J connectivity index is 1.19. The minimum atomic E-state index is 0.928. The van der Waals surface area contributed by atoms with E-state index in [1.807, 2.05) is 12.1 Å². The maximum atomic E-state index is 6.17. The van der Waals surface area contributed by atoms with Gasteiger partial charge >= 0.3 is 0 Å². The van der Waals surface area contributed by atoms with Crippen LogP contribution in [-0.4, -0.2) is 0 Å². The molecule has 0 N–H and O–H groups in total. The third-order valence-corrected chi connectivity index (χ3v) is 9.83. The number of furan rings is 1. The summed E-state index contributed by atoms with van der Waals surface area (Å²) in [6, 6.07) is 61.7. The van der Waals surface area contributed by atoms with Crippen molar-refractivity contribution < 1.29 is 4.42 Å². The van der Waals surface area contributed by atoms with E-state index in [0.717, 1.165) is 16.6 Å². The maximum Gasteiger partial charge on any atom is 0.136 e. The molecule has 0 bridgehead atoms. The van der Waals surface area contributed by atoms with Crippen LogP contribution in [0.25, 0.3) is 98.4 Å². The summed E-state index contributed by atoms with van der Waals surface area (Å²) < 4.78 is 6.17. The fourth-order valence-corrected chi connectivity index (χ4v) is 7.76. The molecule has 0 fully saturated rings. The summed E-state index contributed by atoms with van der Waals surface area (Å²) >= 11 is 0. The van der Waals surface area contributed by atoms with Gasteiger partial charge in [-0.15, -0.1) is 0 Å². The van der Waals surface area contributed by atoms with E-state index < -0.39 is 0 Å². The van der Waals surface area contributed by atoms with E-state index in [4.69, 9.17) is 4.42 Å². The van der Waals surface area contributed by atoms with Crippen LogP contribution in [0.15, 0.2) is 174 Å². The minimum absolute atomic E-state index is 0.928. The standard InChI is InChI=1S/C46H28O/c1-2-15-34-29(11-1)12-10-21-36(34)45-39-18-5-3-16-37(39)44(38-17-4-6-19-40(38)45)33-14-9-13-30(28-33)31-23-25-35-32(27-31)24-26-43-46(35)41-20-7-8-22-42(41)47-43/h1-28H. The average molecular weight is 597 g/mol. The van der Waals surface area contributed by atoms with Crippen molar-refractivity contribution in [3.05, 3.63) is 170 Å². The van der Waals surface area contributed by atoms with E-state index in [1.165, 1.54) is 81.9 Å². The molecule has 1 heteroatoms. The third kappa shape index (κ3) is 3.97. The molecule has 0 aliphatic carbocycles. The van der Waals surface area contributed by atoms with Crippen LogP contribution >= 0.6 is 0 Å². The zero-order valence-electron chi connectivity index (χ0n) is 25.6. The molecule has 0 spiro atoms. The van der Waals surface area contributed by atoms with Gasteiger partial charge in [-0.05, 0) is 101 Å². The van der Waals surface area contributed by atoms with Crippen LogP contribution < -0.4 is 0 Å². The molecule has 0 radical (unpaired) electrons. The van der Waals surface area contributed by atoms with Crippen molar-refractivity contribution in [2.24, 2.45) is 0 Å². The summed E-state index contributed by atoms with van der Waals surface area (Å²) in [5.41, 5.74) is 9.31. The fraction of sp³-hybridized carbons (Fsp3) is 0. The zero-order valence-corrected chi connectivity index (χ0v) is 25.6. The highest BCUT2D eigenvalue weighted by atomic mass is 16.3. The van der Waals surface area contributed by atoms with E-state index in [0.29, 0.717) is 0 Å². The van der Waals surface area contributed by atoms with Gasteiger partial charge in [0, 0.05) is 10.8 Å². The lowest BCUT2D eigenvalue weighted by atomic mass is 9.84. The number of rotatable bonds is 3. The second-order valence-electron chi connectivity index (χ2n) is 12.4. The topological polar surface area (TPSA) is 13.1 Å². The lowest BCUT2D eigenvalue weighted by Crippen LogP contribution is -1.92. The van der Waals surface area contributed by atoms with E-state index >= 15 is 0 Å². The smallest absolute Gasteiger partial charge is 0.136 e. The minimum Gasteiger partial charge on any atom is -0.456 e. The Morgan fingerprint density at radius 3 is 1.68 bits per heavy atom. The first-order valence-corrected chi connectivity index (χ1v) is 16.2. The molecule has 9 aromatic carbocycles. The zero-order chi connectivity index (χ0) is 30.9. The molecule has 1 aromatic heterocycles. The van der Waals surface area contributed by atoms with Crippen LogP contribution in [0.1, 0.15) is 0 Å². The van der Waals surface area contributed by atoms with Crippen molar-refractivity contribution in [3.63, 3.8) is 0 Å². The van der Waals surface area contributed by atoms with Crippen molar-refractivity contribution in [1.29, 1.82) is 0 Å². The Bertz CT molecular complexity index is 2790. The Morgan fingerprint density at radius 2 is 0.894 bits per heavy atom. The normalized spacial score (nSPS) is 11.8. The SMILES string of the molecule is c1cc(-c2ccc3c(ccc4oc5ccccc5c43)c2)cc(-c2c3ccccc3c(-c3cccc4ccccc34)c3ccccc23)c1. The highest BCUT2D eigenvalue weighted by molar-refractivity contribution is 6.24. The van der Waals surface area contributed by atoms with E-state index in [1.54, 1.807) is 0 Å². The van der Waals surface area contributed by atoms with Gasteiger partial charge in [0.05, 0.1) is 0 Å². The van der Waals surface area contributed by atoms with Crippen LogP contribution in [0.4, 0.5) is 0 Å². The quantitative estimate of drug-likeness (QED) is 0.185. The van der Waals surface area contributed by atoms with Crippen molar-refractivity contribution in [2.75, 3.05) is 0 Å². The molecule has 218 valence electrons. The first-order valence-electron chi connectivity index (χ1n) is 16.2. The molecule has 0 aliphatic heterocycles. The van der Waals surface area contributed by atoms with Crippen LogP contribution in [-0.2, 0) is 0 Å². The summed E-state index contributed by atoms with van der Waals surface area (Å²) in [4.78, 5) is 0. The van der Waals surface area contributed by atoms with Crippen LogP contribution in [0.2, 0.25) is 0 Å². The molecule has 10 aromatic rings. The van der Waals surface area contributed by atoms with Gasteiger partial charge in [0.2, 0.25) is 0 Å². The van der Waals surface area contributed by atoms with Crippen molar-refractivity contribution in [2.45, 2.75) is 0 Å². The van der Waals surface area contributed by atoms with Crippen LogP contribution in [0.5, 0.6) is 0 Å². The fourth-order valence-electron chi connectivity index (χ4n) is 7.76. The molecule has 0 saturated heterocycles. The first-order chi connectivity index (χ1) is 23.3. The first kappa shape index (κ1) is 26.1. The second-order valence-corrected chi connectivity index (χ2v) is 12.4. The van der Waals surface area contributed by atoms with Gasteiger partial charge in [-0.1, -0.05) is 146 Å². The van der Waals surface area contributed by atoms with Gasteiger partial charge in [0.15, 0.2) is 0 Å². The molecule has 1 nitrogen and oxygen atoms in total. The van der Waals surface area contributed by atoms with Gasteiger partial charge in [-0.3, -0.25) is 0 Å². The monoisotopic (exact) mass is 596 g/mol. The molecular weight excluding hydrogens is 569 g/mol. The van der Waals surface area contributed by atoms with Crippen LogP contribution in [0, 0.1) is 0 Å². The predicted molar refractivity (Wildman–Crippen MR) is 200 cm³/mol. The van der Waals surface area contributed by atoms with Gasteiger partial charge < -0.3 is 4.42 Å². The molecule has 0 amide bonds. The number of para-hydroxylation sites is 1. The molecule has 47 heavy (non-hydrogen) atoms. The molecule has 10 rings (SSSR count). The highest BCUT2D eigenvalue weighted by Crippen LogP contribution is 2.46. The number of benzene rings is 9. The second kappa shape index (κ2) is 10.2. The summed E-state index contributed by atoms with van der Waals surface area (Å²) in [7, 11) is 0. The molecule has 1 heterocycles. The summed E-state index contributed by atoms with van der Waals surface area (Å²) in [5.74, 6) is 0. The van der Waals surface area contributed by atoms with Crippen molar-refractivity contribution in [3.8, 4) is 33.4 Å². The molecule has 0 atom stereocenters. The average Bonchev–Trinajstić information content (AvgIpc) is 3.53. The molecule has 0 aliphatic rings. The van der Waals surface area contributed by atoms with E-state index in [-0.39, 0.29) is 0 Å². The lowest BCUT2D eigenvalue weighted by Gasteiger charge is -2.19. The van der Waals surface area contributed by atoms with Gasteiger partial charge in [0.1, 0.15) is 11.2 Å². The Labute approximate surface area is 271 Å². The van der Waals surface area contributed by atoms with Gasteiger partial charge in [-0.2, -0.15) is 0 Å². The highest BCUT2D eigenvalue weighted by Gasteiger charge is 2.18. The van der Waals surface area contributed by atoms with Gasteiger partial charge in [0.25, 0.3) is 0 Å². The Morgan fingerprint density at radius 1 is 0.298 bits per heavy atom. The summed E-state index contributed by atoms with van der Waals surface area (Å²) in [6.45, 7) is 0. The van der Waals surface area contributed by atoms with E-state index in [2.05, 4.69) is 158 Å². The Kier molecular flexibility index (Phi) is 5.64. The van der Waals surface area contributed by atoms with E-state index in [9.17, 15) is 0 Å². The number of hydrogen-bond donors (Lipinski definition) is 0. The number of fused-ring (bicyclic) bond motifs is 8. The van der Waals surface area contributed by atoms with Crippen LogP contribution in [0.3, 0.4) is 0 Å². The maximum absolute atomic E-state index is 6.17. The lowest BCUT2D eigenvalue weighted by molar-refractivity contribution is 0.669. The predicted octanol–water partition coefficient (Wildman–Crippen LogP) is 13.2. The Hall–Kier alpha value is -6.18. The summed E-state index contributed by atoms with van der Waals surface area (Å²) in [6.07, 6.45) is 0. The van der Waals surface area contributed by atoms with Crippen molar-refractivity contribution >= 4 is 65.0 Å². The van der Waals surface area contributed by atoms with Crippen molar-refractivity contribution in [1.82, 2.24) is 0 Å². The third-order valence-electron chi connectivity index (χ3n) is 9.83. The molecule has 0 unspecified atom stereocenters. The largest absolute Gasteiger partial charge is 0.456 e. The molecular formula is C46H28O. The number of hydrogen-bond acceptors (Lipinski definition) is 1.